The molecule has 0 saturated heterocycles. The normalized spacial score (nSPS) is 11.5. The largest absolute Gasteiger partial charge is 0.372 e. The van der Waals surface area contributed by atoms with E-state index in [9.17, 15) is 34.8 Å². The first-order valence-corrected chi connectivity index (χ1v) is 6.63. The van der Waals surface area contributed by atoms with Gasteiger partial charge in [0.1, 0.15) is 4.90 Å². The molecule has 0 atom stereocenters. The number of hydrogen-bond donors (Lipinski definition) is 0. The van der Waals surface area contributed by atoms with Gasteiger partial charge in [0, 0.05) is 6.20 Å². The first kappa shape index (κ1) is 16.1. The lowest BCUT2D eigenvalue weighted by Crippen LogP contribution is -2.15. The number of benzene rings is 1. The molecule has 0 spiro atoms. The van der Waals surface area contributed by atoms with Crippen LogP contribution in [0.3, 0.4) is 0 Å². The standard InChI is InChI=1S/C11H3F6NO3S/c12-4-3-18-2-1-5(4)22(19,20)21-11-9(16)7(14)6(13)8(15)10(11)17/h1-3H. The van der Waals surface area contributed by atoms with E-state index < -0.39 is 55.7 Å². The number of pyridine rings is 1. The van der Waals surface area contributed by atoms with Crippen LogP contribution in [0, 0.1) is 34.9 Å². The van der Waals surface area contributed by atoms with Crippen LogP contribution in [0.2, 0.25) is 0 Å². The number of hydrogen-bond acceptors (Lipinski definition) is 4. The monoisotopic (exact) mass is 343 g/mol. The van der Waals surface area contributed by atoms with E-state index in [0.717, 1.165) is 6.20 Å². The first-order chi connectivity index (χ1) is 10.2. The van der Waals surface area contributed by atoms with Crippen molar-refractivity contribution in [2.24, 2.45) is 0 Å². The summed E-state index contributed by atoms with van der Waals surface area (Å²) in [6.07, 6.45) is 1.27. The van der Waals surface area contributed by atoms with Crippen molar-refractivity contribution in [3.63, 3.8) is 0 Å². The zero-order valence-electron chi connectivity index (χ0n) is 10.1. The molecular formula is C11H3F6NO3S. The van der Waals surface area contributed by atoms with E-state index >= 15 is 0 Å². The summed E-state index contributed by atoms with van der Waals surface area (Å²) in [5.74, 6) is -15.8. The maximum absolute atomic E-state index is 13.3. The SMILES string of the molecule is O=S(=O)(Oc1c(F)c(F)c(F)c(F)c1F)c1ccncc1F. The molecule has 0 saturated carbocycles. The Morgan fingerprint density at radius 2 is 1.36 bits per heavy atom. The molecule has 1 heterocycles. The average Bonchev–Trinajstić information content (AvgIpc) is 2.48. The lowest BCUT2D eigenvalue weighted by atomic mass is 10.3. The van der Waals surface area contributed by atoms with Gasteiger partial charge in [-0.15, -0.1) is 0 Å². The molecule has 22 heavy (non-hydrogen) atoms. The van der Waals surface area contributed by atoms with Gasteiger partial charge in [-0.25, -0.2) is 17.6 Å². The van der Waals surface area contributed by atoms with Crippen molar-refractivity contribution in [3.05, 3.63) is 53.4 Å². The van der Waals surface area contributed by atoms with Crippen molar-refractivity contribution < 1.29 is 38.9 Å². The Morgan fingerprint density at radius 1 is 0.864 bits per heavy atom. The fraction of sp³-hybridized carbons (Fsp3) is 0. The molecule has 0 N–H and O–H groups in total. The van der Waals surface area contributed by atoms with Crippen LogP contribution in [0.4, 0.5) is 26.3 Å². The topological polar surface area (TPSA) is 56.3 Å². The summed E-state index contributed by atoms with van der Waals surface area (Å²) < 4.78 is 106. The van der Waals surface area contributed by atoms with Gasteiger partial charge in [-0.05, 0) is 6.07 Å². The molecule has 0 aliphatic rings. The van der Waals surface area contributed by atoms with Gasteiger partial charge < -0.3 is 4.18 Å². The molecule has 11 heteroatoms. The maximum atomic E-state index is 13.3. The fourth-order valence-corrected chi connectivity index (χ4v) is 2.35. The van der Waals surface area contributed by atoms with Gasteiger partial charge in [0.05, 0.1) is 6.20 Å². The highest BCUT2D eigenvalue weighted by Crippen LogP contribution is 2.31. The van der Waals surface area contributed by atoms with Gasteiger partial charge in [0.2, 0.25) is 34.8 Å². The molecule has 2 aromatic rings. The van der Waals surface area contributed by atoms with Crippen molar-refractivity contribution in [1.82, 2.24) is 4.98 Å². The van der Waals surface area contributed by atoms with Crippen molar-refractivity contribution in [1.29, 1.82) is 0 Å². The van der Waals surface area contributed by atoms with Gasteiger partial charge in [-0.3, -0.25) is 4.98 Å². The van der Waals surface area contributed by atoms with Crippen LogP contribution in [0.5, 0.6) is 5.75 Å². The van der Waals surface area contributed by atoms with Crippen LogP contribution in [-0.2, 0) is 10.1 Å². The molecular weight excluding hydrogens is 340 g/mol. The lowest BCUT2D eigenvalue weighted by molar-refractivity contribution is 0.346. The van der Waals surface area contributed by atoms with Crippen LogP contribution in [0.1, 0.15) is 0 Å². The predicted molar refractivity (Wildman–Crippen MR) is 58.2 cm³/mol. The highest BCUT2D eigenvalue weighted by molar-refractivity contribution is 7.87. The van der Waals surface area contributed by atoms with E-state index in [2.05, 4.69) is 9.17 Å². The van der Waals surface area contributed by atoms with Gasteiger partial charge in [-0.1, -0.05) is 0 Å². The maximum Gasteiger partial charge on any atom is 0.342 e. The Balaban J connectivity index is 2.59. The van der Waals surface area contributed by atoms with E-state index in [1.54, 1.807) is 0 Å². The number of rotatable bonds is 3. The minimum atomic E-state index is -5.19. The number of aromatic nitrogens is 1. The minimum absolute atomic E-state index is 0.453. The molecule has 0 aliphatic heterocycles. The molecule has 0 aliphatic carbocycles. The third-order valence-corrected chi connectivity index (χ3v) is 3.62. The van der Waals surface area contributed by atoms with E-state index in [1.165, 1.54) is 0 Å². The van der Waals surface area contributed by atoms with Crippen molar-refractivity contribution in [3.8, 4) is 5.75 Å². The molecule has 4 nitrogen and oxygen atoms in total. The number of halogens is 6. The third kappa shape index (κ3) is 2.58. The summed E-state index contributed by atoms with van der Waals surface area (Å²) in [6, 6.07) is 0.580. The Hall–Kier alpha value is -2.30. The molecule has 2 rings (SSSR count). The second kappa shape index (κ2) is 5.48. The smallest absolute Gasteiger partial charge is 0.342 e. The molecule has 0 unspecified atom stereocenters. The second-order valence-corrected chi connectivity index (χ2v) is 5.26. The van der Waals surface area contributed by atoms with E-state index in [1.807, 2.05) is 0 Å². The van der Waals surface area contributed by atoms with Crippen LogP contribution in [0.15, 0.2) is 23.4 Å². The van der Waals surface area contributed by atoms with Crippen molar-refractivity contribution >= 4 is 10.1 Å². The van der Waals surface area contributed by atoms with Crippen LogP contribution in [-0.4, -0.2) is 13.4 Å². The van der Waals surface area contributed by atoms with Crippen LogP contribution in [0.25, 0.3) is 0 Å². The zero-order chi connectivity index (χ0) is 16.7. The van der Waals surface area contributed by atoms with Gasteiger partial charge in [0.15, 0.2) is 5.82 Å². The van der Waals surface area contributed by atoms with Gasteiger partial charge >= 0.3 is 10.1 Å². The highest BCUT2D eigenvalue weighted by Gasteiger charge is 2.31. The molecule has 1 aromatic carbocycles. The quantitative estimate of drug-likeness (QED) is 0.372. The summed E-state index contributed by atoms with van der Waals surface area (Å²) in [5, 5.41) is 0. The van der Waals surface area contributed by atoms with Crippen LogP contribution >= 0.6 is 0 Å². The lowest BCUT2D eigenvalue weighted by Gasteiger charge is -2.10. The minimum Gasteiger partial charge on any atom is -0.372 e. The number of nitrogens with zero attached hydrogens (tertiary/aromatic N) is 1. The molecule has 0 fully saturated rings. The third-order valence-electron chi connectivity index (χ3n) is 2.37. The van der Waals surface area contributed by atoms with Gasteiger partial charge in [-0.2, -0.15) is 17.2 Å². The zero-order valence-corrected chi connectivity index (χ0v) is 10.9. The van der Waals surface area contributed by atoms with Crippen molar-refractivity contribution in [2.45, 2.75) is 4.90 Å². The molecule has 0 amide bonds. The summed E-state index contributed by atoms with van der Waals surface area (Å²) in [7, 11) is -5.19. The van der Waals surface area contributed by atoms with E-state index in [0.29, 0.717) is 12.3 Å². The molecule has 1 aromatic heterocycles. The van der Waals surface area contributed by atoms with Crippen molar-refractivity contribution in [2.75, 3.05) is 0 Å². The summed E-state index contributed by atoms with van der Waals surface area (Å²) >= 11 is 0. The Kier molecular flexibility index (Phi) is 4.00. The average molecular weight is 343 g/mol. The van der Waals surface area contributed by atoms with Crippen LogP contribution < -0.4 is 4.18 Å². The molecule has 0 radical (unpaired) electrons. The first-order valence-electron chi connectivity index (χ1n) is 5.22. The fourth-order valence-electron chi connectivity index (χ4n) is 1.38. The second-order valence-electron chi connectivity index (χ2n) is 3.74. The summed E-state index contributed by atoms with van der Waals surface area (Å²) in [5.41, 5.74) is 0. The molecule has 0 bridgehead atoms. The van der Waals surface area contributed by atoms with E-state index in [-0.39, 0.29) is 0 Å². The Labute approximate surface area is 119 Å². The Bertz CT molecular complexity index is 826. The van der Waals surface area contributed by atoms with E-state index in [4.69, 9.17) is 0 Å². The Morgan fingerprint density at radius 3 is 1.86 bits per heavy atom. The van der Waals surface area contributed by atoms with Gasteiger partial charge in [0.25, 0.3) is 0 Å². The predicted octanol–water partition coefficient (Wildman–Crippen LogP) is 2.68. The summed E-state index contributed by atoms with van der Waals surface area (Å²) in [4.78, 5) is 2.04. The summed E-state index contributed by atoms with van der Waals surface area (Å²) in [6.45, 7) is 0. The molecule has 118 valence electrons. The highest BCUT2D eigenvalue weighted by atomic mass is 32.2.